The van der Waals surface area contributed by atoms with Crippen molar-refractivity contribution < 1.29 is 14.3 Å². The third kappa shape index (κ3) is 4.96. The Labute approximate surface area is 161 Å². The molecule has 0 N–H and O–H groups in total. The molecular weight excluding hydrogens is 342 g/mol. The molecule has 1 aromatic rings. The van der Waals surface area contributed by atoms with Crippen LogP contribution in [0.25, 0.3) is 0 Å². The predicted molar refractivity (Wildman–Crippen MR) is 106 cm³/mol. The van der Waals surface area contributed by atoms with Crippen LogP contribution in [0.2, 0.25) is 0 Å². The number of nitrogens with zero attached hydrogens (tertiary/aromatic N) is 3. The molecule has 2 aliphatic rings. The summed E-state index contributed by atoms with van der Waals surface area (Å²) < 4.78 is 5.74. The van der Waals surface area contributed by atoms with Crippen molar-refractivity contribution in [2.45, 2.75) is 25.4 Å². The molecule has 146 valence electrons. The van der Waals surface area contributed by atoms with E-state index in [1.54, 1.807) is 31.3 Å². The lowest BCUT2D eigenvalue weighted by Crippen LogP contribution is -2.37. The van der Waals surface area contributed by atoms with Gasteiger partial charge in [-0.25, -0.2) is 0 Å². The number of hydrogen-bond donors (Lipinski definition) is 0. The third-order valence-electron chi connectivity index (χ3n) is 5.37. The maximum Gasteiger partial charge on any atom is 0.253 e. The van der Waals surface area contributed by atoms with Crippen LogP contribution in [-0.2, 0) is 9.53 Å². The fraction of sp³-hybridized carbons (Fsp3) is 0.524. The number of carbonyl (C=O) groups is 2. The Morgan fingerprint density at radius 2 is 1.96 bits per heavy atom. The number of benzene rings is 1. The molecule has 3 rings (SSSR count). The normalized spacial score (nSPS) is 20.9. The van der Waals surface area contributed by atoms with Gasteiger partial charge in [0.25, 0.3) is 5.91 Å². The van der Waals surface area contributed by atoms with Gasteiger partial charge >= 0.3 is 0 Å². The first kappa shape index (κ1) is 19.6. The van der Waals surface area contributed by atoms with E-state index < -0.39 is 0 Å². The lowest BCUT2D eigenvalue weighted by atomic mass is 10.1. The maximum absolute atomic E-state index is 12.9. The highest BCUT2D eigenvalue weighted by Gasteiger charge is 2.24. The van der Waals surface area contributed by atoms with Crippen molar-refractivity contribution >= 4 is 17.5 Å². The molecule has 0 aromatic heterocycles. The molecule has 0 spiro atoms. The zero-order valence-corrected chi connectivity index (χ0v) is 16.1. The lowest BCUT2D eigenvalue weighted by Gasteiger charge is -2.24. The van der Waals surface area contributed by atoms with E-state index in [-0.39, 0.29) is 11.8 Å². The van der Waals surface area contributed by atoms with Gasteiger partial charge in [-0.1, -0.05) is 6.58 Å². The van der Waals surface area contributed by atoms with Crippen LogP contribution in [0.3, 0.4) is 0 Å². The zero-order valence-electron chi connectivity index (χ0n) is 16.1. The van der Waals surface area contributed by atoms with Crippen LogP contribution in [0.4, 0.5) is 5.69 Å². The topological polar surface area (TPSA) is 53.1 Å². The standard InChI is InChI=1S/C21H29N3O3/c1-3-20(25)22(2)18-9-7-17(8-10-18)21(26)24-12-5-11-23(13-14-24)16-19-6-4-15-27-19/h3,7-10,19H,1,4-6,11-16H2,2H3. The van der Waals surface area contributed by atoms with Crippen molar-refractivity contribution in [3.8, 4) is 0 Å². The third-order valence-corrected chi connectivity index (χ3v) is 5.37. The monoisotopic (exact) mass is 371 g/mol. The van der Waals surface area contributed by atoms with Crippen molar-refractivity contribution in [1.82, 2.24) is 9.80 Å². The molecule has 6 nitrogen and oxygen atoms in total. The molecule has 6 heteroatoms. The Morgan fingerprint density at radius 3 is 2.63 bits per heavy atom. The lowest BCUT2D eigenvalue weighted by molar-refractivity contribution is -0.113. The largest absolute Gasteiger partial charge is 0.377 e. The fourth-order valence-electron chi connectivity index (χ4n) is 3.71. The van der Waals surface area contributed by atoms with Gasteiger partial charge in [-0.2, -0.15) is 0 Å². The molecule has 0 bridgehead atoms. The van der Waals surface area contributed by atoms with E-state index in [4.69, 9.17) is 4.74 Å². The highest BCUT2D eigenvalue weighted by atomic mass is 16.5. The first-order chi connectivity index (χ1) is 13.1. The molecule has 0 radical (unpaired) electrons. The van der Waals surface area contributed by atoms with Crippen molar-refractivity contribution in [3.63, 3.8) is 0 Å². The number of anilines is 1. The van der Waals surface area contributed by atoms with Gasteiger partial charge in [-0.15, -0.1) is 0 Å². The molecule has 1 aromatic carbocycles. The van der Waals surface area contributed by atoms with Crippen LogP contribution in [0.1, 0.15) is 29.6 Å². The number of ether oxygens (including phenoxy) is 1. The summed E-state index contributed by atoms with van der Waals surface area (Å²) in [6.45, 7) is 8.77. The van der Waals surface area contributed by atoms with E-state index in [1.165, 1.54) is 11.0 Å². The summed E-state index contributed by atoms with van der Waals surface area (Å²) in [6, 6.07) is 7.19. The minimum absolute atomic E-state index is 0.0539. The molecule has 1 atom stereocenters. The fourth-order valence-corrected chi connectivity index (χ4v) is 3.71. The summed E-state index contributed by atoms with van der Waals surface area (Å²) in [4.78, 5) is 30.4. The van der Waals surface area contributed by atoms with Gasteiger partial charge < -0.3 is 14.5 Å². The summed E-state index contributed by atoms with van der Waals surface area (Å²) >= 11 is 0. The zero-order chi connectivity index (χ0) is 19.2. The Kier molecular flexibility index (Phi) is 6.63. The average Bonchev–Trinajstić information content (AvgIpc) is 3.10. The minimum Gasteiger partial charge on any atom is -0.377 e. The summed E-state index contributed by atoms with van der Waals surface area (Å²) in [5, 5.41) is 0. The summed E-state index contributed by atoms with van der Waals surface area (Å²) in [6.07, 6.45) is 4.92. The second kappa shape index (κ2) is 9.15. The summed E-state index contributed by atoms with van der Waals surface area (Å²) in [5.74, 6) is -0.119. The Balaban J connectivity index is 1.57. The second-order valence-electron chi connectivity index (χ2n) is 7.23. The van der Waals surface area contributed by atoms with E-state index in [9.17, 15) is 9.59 Å². The number of likely N-dealkylation sites (N-methyl/N-ethyl adjacent to an activating group) is 1. The van der Waals surface area contributed by atoms with E-state index in [0.717, 1.165) is 64.3 Å². The van der Waals surface area contributed by atoms with E-state index >= 15 is 0 Å². The van der Waals surface area contributed by atoms with Gasteiger partial charge in [-0.3, -0.25) is 14.5 Å². The molecule has 27 heavy (non-hydrogen) atoms. The van der Waals surface area contributed by atoms with E-state index in [2.05, 4.69) is 11.5 Å². The SMILES string of the molecule is C=CC(=O)N(C)c1ccc(C(=O)N2CCCN(CC3CCCO3)CC2)cc1. The molecule has 2 aliphatic heterocycles. The van der Waals surface area contributed by atoms with Gasteiger partial charge in [0.15, 0.2) is 0 Å². The first-order valence-corrected chi connectivity index (χ1v) is 9.72. The quantitative estimate of drug-likeness (QED) is 0.745. The highest BCUT2D eigenvalue weighted by molar-refractivity contribution is 6.01. The number of amides is 2. The highest BCUT2D eigenvalue weighted by Crippen LogP contribution is 2.18. The molecule has 1 unspecified atom stereocenters. The molecule has 0 saturated carbocycles. The van der Waals surface area contributed by atoms with Crippen LogP contribution in [0, 0.1) is 0 Å². The molecule has 0 aliphatic carbocycles. The van der Waals surface area contributed by atoms with Gasteiger partial charge in [-0.05, 0) is 56.1 Å². The Bertz CT molecular complexity index is 668. The number of carbonyl (C=O) groups excluding carboxylic acids is 2. The van der Waals surface area contributed by atoms with Crippen molar-refractivity contribution in [2.24, 2.45) is 0 Å². The second-order valence-corrected chi connectivity index (χ2v) is 7.23. The van der Waals surface area contributed by atoms with Crippen molar-refractivity contribution in [3.05, 3.63) is 42.5 Å². The predicted octanol–water partition coefficient (Wildman–Crippen LogP) is 2.16. The molecule has 2 amide bonds. The van der Waals surface area contributed by atoms with Crippen LogP contribution in [0.15, 0.2) is 36.9 Å². The summed E-state index contributed by atoms with van der Waals surface area (Å²) in [5.41, 5.74) is 1.40. The van der Waals surface area contributed by atoms with Gasteiger partial charge in [0.05, 0.1) is 6.10 Å². The number of rotatable bonds is 5. The van der Waals surface area contributed by atoms with Crippen LogP contribution in [-0.4, -0.2) is 74.1 Å². The molecule has 2 heterocycles. The van der Waals surface area contributed by atoms with Gasteiger partial charge in [0, 0.05) is 51.1 Å². The van der Waals surface area contributed by atoms with Crippen molar-refractivity contribution in [2.75, 3.05) is 51.3 Å². The maximum atomic E-state index is 12.9. The van der Waals surface area contributed by atoms with Gasteiger partial charge in [0.2, 0.25) is 5.91 Å². The first-order valence-electron chi connectivity index (χ1n) is 9.72. The Hall–Kier alpha value is -2.18. The summed E-state index contributed by atoms with van der Waals surface area (Å²) in [7, 11) is 1.69. The van der Waals surface area contributed by atoms with E-state index in [0.29, 0.717) is 11.7 Å². The van der Waals surface area contributed by atoms with Crippen LogP contribution >= 0.6 is 0 Å². The number of hydrogen-bond acceptors (Lipinski definition) is 4. The average molecular weight is 371 g/mol. The van der Waals surface area contributed by atoms with Crippen molar-refractivity contribution in [1.29, 1.82) is 0 Å². The van der Waals surface area contributed by atoms with Crippen LogP contribution in [0.5, 0.6) is 0 Å². The minimum atomic E-state index is -0.173. The molecule has 2 saturated heterocycles. The van der Waals surface area contributed by atoms with Crippen LogP contribution < -0.4 is 4.90 Å². The van der Waals surface area contributed by atoms with Gasteiger partial charge in [0.1, 0.15) is 0 Å². The smallest absolute Gasteiger partial charge is 0.253 e. The Morgan fingerprint density at radius 1 is 1.19 bits per heavy atom. The molecule has 2 fully saturated rings. The molecular formula is C21H29N3O3. The van der Waals surface area contributed by atoms with E-state index in [1.807, 2.05) is 4.90 Å².